The van der Waals surface area contributed by atoms with Crippen molar-refractivity contribution in [2.75, 3.05) is 49.4 Å². The average molecular weight is 439 g/mol. The van der Waals surface area contributed by atoms with Gasteiger partial charge in [-0.15, -0.1) is 5.10 Å². The summed E-state index contributed by atoms with van der Waals surface area (Å²) >= 11 is 0. The van der Waals surface area contributed by atoms with Crippen LogP contribution in [0.2, 0.25) is 0 Å². The Morgan fingerprint density at radius 2 is 1.27 bits per heavy atom. The molecule has 3 aromatic rings. The highest BCUT2D eigenvalue weighted by molar-refractivity contribution is 6.02. The van der Waals surface area contributed by atoms with Crippen LogP contribution in [0.25, 0.3) is 6.08 Å². The Kier molecular flexibility index (Phi) is 6.66. The van der Waals surface area contributed by atoms with Crippen LogP contribution < -0.4 is 15.7 Å². The molecule has 6 heteroatoms. The molecule has 0 aromatic heterocycles. The maximum Gasteiger partial charge on any atom is 0.166 e. The Labute approximate surface area is 196 Å². The number of benzene rings is 3. The average Bonchev–Trinajstić information content (AvgIpc) is 3.30. The fraction of sp³-hybridized carbons (Fsp3) is 0.222. The molecule has 0 unspecified atom stereocenters. The first-order valence-electron chi connectivity index (χ1n) is 11.6. The molecule has 2 heterocycles. The van der Waals surface area contributed by atoms with E-state index in [0.717, 1.165) is 56.5 Å². The van der Waals surface area contributed by atoms with E-state index in [0.29, 0.717) is 0 Å². The van der Waals surface area contributed by atoms with Crippen LogP contribution in [-0.2, 0) is 0 Å². The van der Waals surface area contributed by atoms with Gasteiger partial charge in [0.15, 0.2) is 5.84 Å². The third kappa shape index (κ3) is 5.25. The van der Waals surface area contributed by atoms with E-state index in [9.17, 15) is 0 Å². The SMILES string of the molecule is C(=Cc1ccccc1)CN1CCN(CC2=NNN(c3ccccc3)N2c2ccccc2)CC1. The molecule has 0 radical (unpaired) electrons. The zero-order valence-corrected chi connectivity index (χ0v) is 18.8. The zero-order chi connectivity index (χ0) is 22.3. The van der Waals surface area contributed by atoms with Crippen LogP contribution in [-0.4, -0.2) is 54.9 Å². The van der Waals surface area contributed by atoms with Crippen molar-refractivity contribution in [1.82, 2.24) is 15.3 Å². The van der Waals surface area contributed by atoms with Crippen molar-refractivity contribution in [1.29, 1.82) is 0 Å². The van der Waals surface area contributed by atoms with Crippen LogP contribution in [0.15, 0.2) is 102 Å². The summed E-state index contributed by atoms with van der Waals surface area (Å²) < 4.78 is 0. The van der Waals surface area contributed by atoms with Gasteiger partial charge in [-0.1, -0.05) is 78.9 Å². The molecule has 5 rings (SSSR count). The van der Waals surface area contributed by atoms with Crippen molar-refractivity contribution in [3.8, 4) is 0 Å². The first-order valence-corrected chi connectivity index (χ1v) is 11.6. The summed E-state index contributed by atoms with van der Waals surface area (Å²) in [7, 11) is 0. The second kappa shape index (κ2) is 10.3. The third-order valence-corrected chi connectivity index (χ3v) is 6.02. The topological polar surface area (TPSA) is 37.4 Å². The minimum atomic E-state index is 0.804. The smallest absolute Gasteiger partial charge is 0.166 e. The number of hydrogen-bond donors (Lipinski definition) is 1. The van der Waals surface area contributed by atoms with E-state index in [-0.39, 0.29) is 0 Å². The van der Waals surface area contributed by atoms with Crippen LogP contribution in [0.5, 0.6) is 0 Å². The summed E-state index contributed by atoms with van der Waals surface area (Å²) in [6, 6.07) is 31.2. The number of piperazine rings is 1. The van der Waals surface area contributed by atoms with Crippen LogP contribution >= 0.6 is 0 Å². The molecule has 3 aromatic carbocycles. The van der Waals surface area contributed by atoms with E-state index < -0.39 is 0 Å². The van der Waals surface area contributed by atoms with E-state index in [2.05, 4.69) is 99.2 Å². The quantitative estimate of drug-likeness (QED) is 0.602. The lowest BCUT2D eigenvalue weighted by atomic mass is 10.2. The van der Waals surface area contributed by atoms with Gasteiger partial charge in [0.05, 0.1) is 17.9 Å². The third-order valence-electron chi connectivity index (χ3n) is 6.02. The minimum absolute atomic E-state index is 0.804. The van der Waals surface area contributed by atoms with Gasteiger partial charge in [-0.25, -0.2) is 5.01 Å². The summed E-state index contributed by atoms with van der Waals surface area (Å²) in [6.45, 7) is 5.99. The second-order valence-electron chi connectivity index (χ2n) is 8.31. The number of hydrogen-bond acceptors (Lipinski definition) is 6. The maximum absolute atomic E-state index is 4.70. The molecule has 0 saturated carbocycles. The first-order chi connectivity index (χ1) is 16.4. The summed E-state index contributed by atoms with van der Waals surface area (Å²) in [5, 5.41) is 8.88. The largest absolute Gasteiger partial charge is 0.297 e. The van der Waals surface area contributed by atoms with Gasteiger partial charge in [0.2, 0.25) is 0 Å². The maximum atomic E-state index is 4.70. The van der Waals surface area contributed by atoms with E-state index in [1.807, 2.05) is 29.4 Å². The zero-order valence-electron chi connectivity index (χ0n) is 18.8. The Morgan fingerprint density at radius 3 is 1.94 bits per heavy atom. The molecule has 0 bridgehead atoms. The Hall–Kier alpha value is -3.61. The molecule has 1 N–H and O–H groups in total. The van der Waals surface area contributed by atoms with Gasteiger partial charge < -0.3 is 0 Å². The molecule has 1 fully saturated rings. The van der Waals surface area contributed by atoms with Gasteiger partial charge in [0, 0.05) is 32.7 Å². The number of nitrogens with zero attached hydrogens (tertiary/aromatic N) is 5. The van der Waals surface area contributed by atoms with E-state index >= 15 is 0 Å². The summed E-state index contributed by atoms with van der Waals surface area (Å²) in [5.74, 6) is 1.00. The van der Waals surface area contributed by atoms with Crippen molar-refractivity contribution in [2.24, 2.45) is 5.10 Å². The normalized spacial score (nSPS) is 17.4. The van der Waals surface area contributed by atoms with E-state index in [1.54, 1.807) is 0 Å². The number of para-hydroxylation sites is 2. The Morgan fingerprint density at radius 1 is 0.697 bits per heavy atom. The van der Waals surface area contributed by atoms with Crippen molar-refractivity contribution in [3.63, 3.8) is 0 Å². The molecule has 0 atom stereocenters. The Bertz CT molecular complexity index is 1060. The van der Waals surface area contributed by atoms with Crippen molar-refractivity contribution in [2.45, 2.75) is 0 Å². The number of hydrazine groups is 2. The number of rotatable bonds is 7. The molecule has 0 amide bonds. The molecular formula is C27H30N6. The highest BCUT2D eigenvalue weighted by Gasteiger charge is 2.30. The molecule has 2 aliphatic rings. The molecule has 1 saturated heterocycles. The highest BCUT2D eigenvalue weighted by Crippen LogP contribution is 2.24. The summed E-state index contributed by atoms with van der Waals surface area (Å²) in [5.41, 5.74) is 6.61. The lowest BCUT2D eigenvalue weighted by Gasteiger charge is -2.36. The minimum Gasteiger partial charge on any atom is -0.297 e. The number of nitrogens with one attached hydrogen (secondary N) is 1. The predicted octanol–water partition coefficient (Wildman–Crippen LogP) is 4.08. The summed E-state index contributed by atoms with van der Waals surface area (Å²) in [4.78, 5) is 5.00. The van der Waals surface area contributed by atoms with E-state index in [4.69, 9.17) is 5.10 Å². The fourth-order valence-corrected chi connectivity index (χ4v) is 4.22. The Balaban J connectivity index is 1.20. The number of hydrazone groups is 1. The van der Waals surface area contributed by atoms with Gasteiger partial charge in [0.25, 0.3) is 0 Å². The predicted molar refractivity (Wildman–Crippen MR) is 137 cm³/mol. The summed E-state index contributed by atoms with van der Waals surface area (Å²) in [6.07, 6.45) is 4.48. The number of anilines is 2. The van der Waals surface area contributed by atoms with Gasteiger partial charge in [-0.3, -0.25) is 9.80 Å². The van der Waals surface area contributed by atoms with E-state index in [1.165, 1.54) is 5.56 Å². The molecule has 6 nitrogen and oxygen atoms in total. The highest BCUT2D eigenvalue weighted by atomic mass is 15.9. The molecule has 2 aliphatic heterocycles. The van der Waals surface area contributed by atoms with Gasteiger partial charge >= 0.3 is 0 Å². The van der Waals surface area contributed by atoms with Gasteiger partial charge in [0.1, 0.15) is 0 Å². The standard InChI is InChI=1S/C27H30N6/c1-4-11-24(12-5-1)13-10-18-30-19-21-31(22-20-30)23-27-28-29-33(26-16-8-3-9-17-26)32(27)25-14-6-2-7-15-25/h1-17,29H,18-23H2. The van der Waals surface area contributed by atoms with Crippen LogP contribution in [0.1, 0.15) is 5.56 Å². The number of amidine groups is 1. The van der Waals surface area contributed by atoms with Crippen LogP contribution in [0.3, 0.4) is 0 Å². The molecule has 0 aliphatic carbocycles. The second-order valence-corrected chi connectivity index (χ2v) is 8.31. The molecule has 168 valence electrons. The van der Waals surface area contributed by atoms with Crippen LogP contribution in [0.4, 0.5) is 11.4 Å². The lowest BCUT2D eigenvalue weighted by molar-refractivity contribution is 0.157. The molecule has 0 spiro atoms. The van der Waals surface area contributed by atoms with Crippen LogP contribution in [0, 0.1) is 0 Å². The monoisotopic (exact) mass is 438 g/mol. The fourth-order valence-electron chi connectivity index (χ4n) is 4.22. The van der Waals surface area contributed by atoms with Crippen molar-refractivity contribution in [3.05, 3.63) is 103 Å². The first kappa shape index (κ1) is 21.2. The van der Waals surface area contributed by atoms with Gasteiger partial charge in [-0.05, 0) is 29.8 Å². The molecular weight excluding hydrogens is 408 g/mol. The van der Waals surface area contributed by atoms with Gasteiger partial charge in [-0.2, -0.15) is 10.7 Å². The van der Waals surface area contributed by atoms with Crippen molar-refractivity contribution < 1.29 is 0 Å². The lowest BCUT2D eigenvalue weighted by Crippen LogP contribution is -2.52. The van der Waals surface area contributed by atoms with Crippen molar-refractivity contribution >= 4 is 23.3 Å². The molecule has 33 heavy (non-hydrogen) atoms.